The summed E-state index contributed by atoms with van der Waals surface area (Å²) >= 11 is 3.41. The molecule has 0 bridgehead atoms. The summed E-state index contributed by atoms with van der Waals surface area (Å²) in [5, 5.41) is 0. The zero-order valence-electron chi connectivity index (χ0n) is 18.1. The van der Waals surface area contributed by atoms with Gasteiger partial charge >= 0.3 is 5.97 Å². The number of rotatable bonds is 5. The second kappa shape index (κ2) is 9.60. The van der Waals surface area contributed by atoms with Gasteiger partial charge in [-0.1, -0.05) is 29.5 Å². The van der Waals surface area contributed by atoms with Gasteiger partial charge in [-0.05, 0) is 77.9 Å². The summed E-state index contributed by atoms with van der Waals surface area (Å²) in [5.74, 6) is -0.203. The van der Waals surface area contributed by atoms with E-state index >= 15 is 0 Å². The van der Waals surface area contributed by atoms with Crippen LogP contribution in [0.3, 0.4) is 0 Å². The number of methoxy groups -OCH3 is 1. The van der Waals surface area contributed by atoms with Crippen LogP contribution in [0.2, 0.25) is 0 Å². The van der Waals surface area contributed by atoms with E-state index in [0.717, 1.165) is 14.9 Å². The molecule has 6 nitrogen and oxygen atoms in total. The van der Waals surface area contributed by atoms with E-state index in [1.807, 2.05) is 18.2 Å². The number of carbonyl (C=O) groups excluding carboxylic acids is 1. The molecule has 9 heteroatoms. The Morgan fingerprint density at radius 2 is 2.00 bits per heavy atom. The molecule has 2 aromatic carbocycles. The summed E-state index contributed by atoms with van der Waals surface area (Å²) in [4.78, 5) is 31.3. The molecule has 1 atom stereocenters. The first-order valence-electron chi connectivity index (χ1n) is 10.1. The predicted molar refractivity (Wildman–Crippen MR) is 133 cm³/mol. The SMILES string of the molecule is CCOC(=O)C1=C(C)N=c2s/c(=C\c3ccc(OC)c(I)c3)c(=O)n2C1c1ccc(F)cc1. The van der Waals surface area contributed by atoms with Crippen molar-refractivity contribution < 1.29 is 18.7 Å². The molecule has 2 heterocycles. The molecule has 0 spiro atoms. The van der Waals surface area contributed by atoms with Crippen molar-refractivity contribution in [1.29, 1.82) is 0 Å². The standard InChI is InChI=1S/C24H20FIN2O4S/c1-4-32-23(30)20-13(2)27-24-28(21(20)15-6-8-16(25)9-7-15)22(29)19(33-24)12-14-5-10-18(31-3)17(26)11-14/h5-12,21H,4H2,1-3H3/b19-12-. The lowest BCUT2D eigenvalue weighted by Crippen LogP contribution is -2.39. The van der Waals surface area contributed by atoms with E-state index in [-0.39, 0.29) is 17.7 Å². The van der Waals surface area contributed by atoms with Gasteiger partial charge in [0.1, 0.15) is 11.6 Å². The van der Waals surface area contributed by atoms with E-state index in [1.54, 1.807) is 39.2 Å². The van der Waals surface area contributed by atoms with E-state index in [4.69, 9.17) is 9.47 Å². The highest BCUT2D eigenvalue weighted by Crippen LogP contribution is 2.30. The van der Waals surface area contributed by atoms with Gasteiger partial charge in [0, 0.05) is 0 Å². The van der Waals surface area contributed by atoms with Crippen LogP contribution in [0.1, 0.15) is 31.0 Å². The van der Waals surface area contributed by atoms with Crippen LogP contribution in [0.5, 0.6) is 5.75 Å². The number of allylic oxidation sites excluding steroid dienone is 1. The molecule has 1 aliphatic rings. The predicted octanol–water partition coefficient (Wildman–Crippen LogP) is 3.55. The van der Waals surface area contributed by atoms with Crippen molar-refractivity contribution in [3.05, 3.63) is 93.9 Å². The van der Waals surface area contributed by atoms with Crippen LogP contribution in [0.25, 0.3) is 6.08 Å². The number of esters is 1. The molecule has 1 aromatic heterocycles. The topological polar surface area (TPSA) is 69.9 Å². The summed E-state index contributed by atoms with van der Waals surface area (Å²) in [6, 6.07) is 10.6. The van der Waals surface area contributed by atoms with Crippen molar-refractivity contribution in [1.82, 2.24) is 4.57 Å². The van der Waals surface area contributed by atoms with E-state index in [1.165, 1.54) is 28.0 Å². The van der Waals surface area contributed by atoms with Gasteiger partial charge in [-0.25, -0.2) is 14.2 Å². The number of hydrogen-bond donors (Lipinski definition) is 0. The second-order valence-corrected chi connectivity index (χ2v) is 9.42. The highest BCUT2D eigenvalue weighted by Gasteiger charge is 2.33. The fraction of sp³-hybridized carbons (Fsp3) is 0.208. The van der Waals surface area contributed by atoms with E-state index in [2.05, 4.69) is 27.6 Å². The third kappa shape index (κ3) is 4.51. The Morgan fingerprint density at radius 3 is 2.64 bits per heavy atom. The summed E-state index contributed by atoms with van der Waals surface area (Å²) in [6.45, 7) is 3.62. The minimum absolute atomic E-state index is 0.187. The molecular weight excluding hydrogens is 558 g/mol. The van der Waals surface area contributed by atoms with Crippen LogP contribution in [-0.2, 0) is 9.53 Å². The maximum Gasteiger partial charge on any atom is 0.338 e. The first-order chi connectivity index (χ1) is 15.8. The Hall–Kier alpha value is -2.79. The molecule has 4 rings (SSSR count). The number of benzene rings is 2. The number of hydrogen-bond acceptors (Lipinski definition) is 6. The fourth-order valence-electron chi connectivity index (χ4n) is 3.68. The molecule has 0 aliphatic carbocycles. The molecule has 0 saturated carbocycles. The smallest absolute Gasteiger partial charge is 0.338 e. The van der Waals surface area contributed by atoms with Gasteiger partial charge < -0.3 is 9.47 Å². The van der Waals surface area contributed by atoms with Crippen LogP contribution in [-0.4, -0.2) is 24.3 Å². The monoisotopic (exact) mass is 578 g/mol. The van der Waals surface area contributed by atoms with Gasteiger partial charge in [-0.3, -0.25) is 9.36 Å². The van der Waals surface area contributed by atoms with Crippen molar-refractivity contribution in [3.63, 3.8) is 0 Å². The van der Waals surface area contributed by atoms with Crippen LogP contribution in [0, 0.1) is 9.39 Å². The molecule has 170 valence electrons. The highest BCUT2D eigenvalue weighted by atomic mass is 127. The number of aromatic nitrogens is 1. The minimum Gasteiger partial charge on any atom is -0.496 e. The fourth-order valence-corrected chi connectivity index (χ4v) is 5.48. The first-order valence-corrected chi connectivity index (χ1v) is 12.0. The molecule has 0 N–H and O–H groups in total. The number of nitrogens with zero attached hydrogens (tertiary/aromatic N) is 2. The summed E-state index contributed by atoms with van der Waals surface area (Å²) in [5.41, 5.74) is 1.88. The maximum atomic E-state index is 13.6. The molecule has 1 unspecified atom stereocenters. The zero-order valence-corrected chi connectivity index (χ0v) is 21.1. The Bertz CT molecular complexity index is 1440. The second-order valence-electron chi connectivity index (χ2n) is 7.25. The lowest BCUT2D eigenvalue weighted by atomic mass is 9.96. The van der Waals surface area contributed by atoms with Crippen molar-refractivity contribution in [2.24, 2.45) is 4.99 Å². The van der Waals surface area contributed by atoms with E-state index in [0.29, 0.717) is 20.6 Å². The Labute approximate surface area is 206 Å². The van der Waals surface area contributed by atoms with E-state index < -0.39 is 17.8 Å². The third-order valence-electron chi connectivity index (χ3n) is 5.18. The average Bonchev–Trinajstić information content (AvgIpc) is 3.08. The van der Waals surface area contributed by atoms with Crippen LogP contribution in [0.4, 0.5) is 4.39 Å². The molecule has 0 amide bonds. The van der Waals surface area contributed by atoms with Crippen molar-refractivity contribution in [2.45, 2.75) is 19.9 Å². The highest BCUT2D eigenvalue weighted by molar-refractivity contribution is 14.1. The number of thiazole rings is 1. The molecule has 0 fully saturated rings. The average molecular weight is 578 g/mol. The summed E-state index contributed by atoms with van der Waals surface area (Å²) in [6.07, 6.45) is 1.79. The van der Waals surface area contributed by atoms with Crippen LogP contribution in [0.15, 0.2) is 63.5 Å². The van der Waals surface area contributed by atoms with Crippen LogP contribution < -0.4 is 19.6 Å². The molecular formula is C24H20FIN2O4S. The zero-order chi connectivity index (χ0) is 23.7. The summed E-state index contributed by atoms with van der Waals surface area (Å²) in [7, 11) is 1.61. The van der Waals surface area contributed by atoms with Crippen molar-refractivity contribution in [2.75, 3.05) is 13.7 Å². The third-order valence-corrected chi connectivity index (χ3v) is 7.00. The quantitative estimate of drug-likeness (QED) is 0.343. The minimum atomic E-state index is -0.765. The van der Waals surface area contributed by atoms with Gasteiger partial charge in [-0.15, -0.1) is 0 Å². The Morgan fingerprint density at radius 1 is 1.27 bits per heavy atom. The number of ether oxygens (including phenoxy) is 2. The largest absolute Gasteiger partial charge is 0.496 e. The van der Waals surface area contributed by atoms with Gasteiger partial charge in [0.2, 0.25) is 0 Å². The molecule has 0 saturated heterocycles. The summed E-state index contributed by atoms with van der Waals surface area (Å²) < 4.78 is 27.0. The van der Waals surface area contributed by atoms with Crippen molar-refractivity contribution in [3.8, 4) is 5.75 Å². The molecule has 1 aliphatic heterocycles. The number of fused-ring (bicyclic) bond motifs is 1. The lowest BCUT2D eigenvalue weighted by molar-refractivity contribution is -0.139. The van der Waals surface area contributed by atoms with Crippen molar-refractivity contribution >= 4 is 46.0 Å². The molecule has 3 aromatic rings. The van der Waals surface area contributed by atoms with Gasteiger partial charge in [0.05, 0.1) is 39.1 Å². The molecule has 33 heavy (non-hydrogen) atoms. The van der Waals surface area contributed by atoms with E-state index in [9.17, 15) is 14.0 Å². The lowest BCUT2D eigenvalue weighted by Gasteiger charge is -2.24. The van der Waals surface area contributed by atoms with Crippen LogP contribution >= 0.6 is 33.9 Å². The normalized spacial score (nSPS) is 15.8. The molecule has 0 radical (unpaired) electrons. The van der Waals surface area contributed by atoms with Gasteiger partial charge in [0.15, 0.2) is 4.80 Å². The maximum absolute atomic E-state index is 13.6. The Balaban J connectivity index is 1.93. The van der Waals surface area contributed by atoms with Gasteiger partial charge in [0.25, 0.3) is 5.56 Å². The number of carbonyl (C=O) groups is 1. The number of halogens is 2. The Kier molecular flexibility index (Phi) is 6.80. The first kappa shape index (κ1) is 23.4. The van der Waals surface area contributed by atoms with Gasteiger partial charge in [-0.2, -0.15) is 0 Å².